The van der Waals surface area contributed by atoms with Gasteiger partial charge in [0.25, 0.3) is 0 Å². The summed E-state index contributed by atoms with van der Waals surface area (Å²) in [5, 5.41) is 5.46. The molecule has 2 nitrogen and oxygen atoms in total. The molecule has 0 aromatic rings. The second-order valence-electron chi connectivity index (χ2n) is 5.29. The quantitative estimate of drug-likeness (QED) is 0.793. The summed E-state index contributed by atoms with van der Waals surface area (Å²) in [6.07, 6.45) is 5.94. The van der Waals surface area contributed by atoms with E-state index in [9.17, 15) is 0 Å². The fourth-order valence-corrected chi connectivity index (χ4v) is 3.39. The van der Waals surface area contributed by atoms with Crippen LogP contribution in [0.25, 0.3) is 0 Å². The van der Waals surface area contributed by atoms with Crippen molar-refractivity contribution in [3.63, 3.8) is 0 Å². The summed E-state index contributed by atoms with van der Waals surface area (Å²) in [6.45, 7) is 4.44. The maximum absolute atomic E-state index is 4.52. The highest BCUT2D eigenvalue weighted by atomic mass is 32.2. The summed E-state index contributed by atoms with van der Waals surface area (Å²) in [6, 6.07) is 0. The van der Waals surface area contributed by atoms with Crippen molar-refractivity contribution in [3.8, 4) is 0 Å². The Balaban J connectivity index is 1.47. The Morgan fingerprint density at radius 2 is 2.00 bits per heavy atom. The zero-order valence-electron chi connectivity index (χ0n) is 9.41. The third-order valence-electron chi connectivity index (χ3n) is 3.75. The van der Waals surface area contributed by atoms with E-state index in [-0.39, 0.29) is 0 Å². The van der Waals surface area contributed by atoms with Crippen LogP contribution in [0.4, 0.5) is 0 Å². The maximum atomic E-state index is 4.52. The molecule has 0 aromatic heterocycles. The van der Waals surface area contributed by atoms with Gasteiger partial charge < -0.3 is 5.32 Å². The molecule has 2 aliphatic carbocycles. The van der Waals surface area contributed by atoms with E-state index in [0.717, 1.165) is 24.3 Å². The van der Waals surface area contributed by atoms with E-state index < -0.39 is 0 Å². The lowest BCUT2D eigenvalue weighted by molar-refractivity contribution is 0.403. The fraction of sp³-hybridized carbons (Fsp3) is 0.917. The van der Waals surface area contributed by atoms with Gasteiger partial charge in [-0.2, -0.15) is 0 Å². The van der Waals surface area contributed by atoms with Gasteiger partial charge in [0.05, 0.1) is 6.54 Å². The monoisotopic (exact) mass is 224 g/mol. The lowest BCUT2D eigenvalue weighted by atomic mass is 9.98. The maximum Gasteiger partial charge on any atom is 0.156 e. The van der Waals surface area contributed by atoms with Crippen molar-refractivity contribution in [2.45, 2.75) is 37.9 Å². The molecular formula is C12H20N2S. The number of amidine groups is 1. The van der Waals surface area contributed by atoms with Gasteiger partial charge in [-0.15, -0.1) is 0 Å². The summed E-state index contributed by atoms with van der Waals surface area (Å²) in [7, 11) is 0. The van der Waals surface area contributed by atoms with Gasteiger partial charge in [-0.05, 0) is 43.4 Å². The smallest absolute Gasteiger partial charge is 0.156 e. The molecule has 1 atom stereocenters. The van der Waals surface area contributed by atoms with Crippen molar-refractivity contribution >= 4 is 16.9 Å². The van der Waals surface area contributed by atoms with Crippen molar-refractivity contribution < 1.29 is 0 Å². The summed E-state index contributed by atoms with van der Waals surface area (Å²) in [4.78, 5) is 4.52. The first-order valence-electron chi connectivity index (χ1n) is 6.28. The second kappa shape index (κ2) is 4.00. The molecule has 3 aliphatic rings. The van der Waals surface area contributed by atoms with E-state index in [1.54, 1.807) is 0 Å². The third-order valence-corrected chi connectivity index (χ3v) is 4.80. The average Bonchev–Trinajstić information content (AvgIpc) is 3.09. The predicted molar refractivity (Wildman–Crippen MR) is 66.3 cm³/mol. The van der Waals surface area contributed by atoms with Gasteiger partial charge in [0.1, 0.15) is 0 Å². The van der Waals surface area contributed by atoms with Crippen LogP contribution in [-0.4, -0.2) is 23.5 Å². The van der Waals surface area contributed by atoms with E-state index in [2.05, 4.69) is 17.2 Å². The lowest BCUT2D eigenvalue weighted by Gasteiger charge is -2.16. The molecule has 3 heteroatoms. The number of thioether (sulfide) groups is 1. The molecule has 15 heavy (non-hydrogen) atoms. The SMILES string of the molecule is CC1CN=C(NCC(C2CC2)C2CC2)S1. The first-order valence-corrected chi connectivity index (χ1v) is 7.16. The molecule has 1 heterocycles. The Morgan fingerprint density at radius 1 is 1.33 bits per heavy atom. The topological polar surface area (TPSA) is 24.4 Å². The number of aliphatic imine (C=N–C) groups is 1. The van der Waals surface area contributed by atoms with Crippen LogP contribution in [0.5, 0.6) is 0 Å². The molecule has 1 aliphatic heterocycles. The van der Waals surface area contributed by atoms with Crippen LogP contribution in [0.3, 0.4) is 0 Å². The van der Waals surface area contributed by atoms with Crippen LogP contribution in [0.2, 0.25) is 0 Å². The van der Waals surface area contributed by atoms with Gasteiger partial charge in [0.2, 0.25) is 0 Å². The van der Waals surface area contributed by atoms with Crippen molar-refractivity contribution in [3.05, 3.63) is 0 Å². The van der Waals surface area contributed by atoms with Crippen LogP contribution < -0.4 is 5.32 Å². The molecule has 0 amide bonds. The molecule has 84 valence electrons. The Morgan fingerprint density at radius 3 is 2.47 bits per heavy atom. The van der Waals surface area contributed by atoms with Gasteiger partial charge in [-0.3, -0.25) is 4.99 Å². The summed E-state index contributed by atoms with van der Waals surface area (Å²) in [5.41, 5.74) is 0. The third kappa shape index (κ3) is 2.49. The van der Waals surface area contributed by atoms with Crippen molar-refractivity contribution in [2.24, 2.45) is 22.7 Å². The van der Waals surface area contributed by atoms with E-state index in [1.807, 2.05) is 11.8 Å². The van der Waals surface area contributed by atoms with Gasteiger partial charge in [0, 0.05) is 11.8 Å². The highest BCUT2D eigenvalue weighted by molar-refractivity contribution is 8.14. The second-order valence-corrected chi connectivity index (χ2v) is 6.72. The van der Waals surface area contributed by atoms with Gasteiger partial charge in [-0.1, -0.05) is 18.7 Å². The molecule has 0 spiro atoms. The zero-order valence-corrected chi connectivity index (χ0v) is 10.2. The summed E-state index contributed by atoms with van der Waals surface area (Å²) >= 11 is 1.91. The Kier molecular flexibility index (Phi) is 2.67. The minimum Gasteiger partial charge on any atom is -0.365 e. The predicted octanol–water partition coefficient (Wildman–Crippen LogP) is 2.50. The minimum atomic E-state index is 0.688. The van der Waals surface area contributed by atoms with Gasteiger partial charge in [-0.25, -0.2) is 0 Å². The molecule has 0 bridgehead atoms. The van der Waals surface area contributed by atoms with Crippen molar-refractivity contribution in [1.82, 2.24) is 5.32 Å². The summed E-state index contributed by atoms with van der Waals surface area (Å²) < 4.78 is 0. The molecule has 1 N–H and O–H groups in total. The number of nitrogens with zero attached hydrogens (tertiary/aromatic N) is 1. The first kappa shape index (κ1) is 10.0. The standard InChI is InChI=1S/C12H20N2S/c1-8-6-13-12(15-8)14-7-11(9-2-3-9)10-4-5-10/h8-11H,2-7H2,1H3,(H,13,14). The van der Waals surface area contributed by atoms with Gasteiger partial charge >= 0.3 is 0 Å². The number of rotatable bonds is 4. The van der Waals surface area contributed by atoms with Crippen LogP contribution in [-0.2, 0) is 0 Å². The van der Waals surface area contributed by atoms with Crippen molar-refractivity contribution in [1.29, 1.82) is 0 Å². The number of nitrogens with one attached hydrogen (secondary N) is 1. The van der Waals surface area contributed by atoms with Gasteiger partial charge in [0.15, 0.2) is 5.17 Å². The molecule has 2 saturated carbocycles. The van der Waals surface area contributed by atoms with E-state index in [1.165, 1.54) is 37.4 Å². The number of hydrogen-bond donors (Lipinski definition) is 1. The van der Waals surface area contributed by atoms with Crippen LogP contribution >= 0.6 is 11.8 Å². The normalized spacial score (nSPS) is 30.8. The number of hydrogen-bond acceptors (Lipinski definition) is 3. The average molecular weight is 224 g/mol. The first-order chi connectivity index (χ1) is 7.33. The lowest BCUT2D eigenvalue weighted by Crippen LogP contribution is -2.28. The Labute approximate surface area is 96.3 Å². The Bertz CT molecular complexity index is 257. The van der Waals surface area contributed by atoms with Crippen molar-refractivity contribution in [2.75, 3.05) is 13.1 Å². The highest BCUT2D eigenvalue weighted by Gasteiger charge is 2.41. The molecule has 0 saturated heterocycles. The van der Waals surface area contributed by atoms with E-state index in [4.69, 9.17) is 0 Å². The summed E-state index contributed by atoms with van der Waals surface area (Å²) in [5.74, 6) is 3.06. The Hall–Kier alpha value is -0.180. The molecular weight excluding hydrogens is 204 g/mol. The minimum absolute atomic E-state index is 0.688. The fourth-order valence-electron chi connectivity index (χ4n) is 2.55. The van der Waals surface area contributed by atoms with Crippen LogP contribution in [0.15, 0.2) is 4.99 Å². The molecule has 0 aromatic carbocycles. The zero-order chi connectivity index (χ0) is 10.3. The molecule has 2 fully saturated rings. The largest absolute Gasteiger partial charge is 0.365 e. The van der Waals surface area contributed by atoms with E-state index >= 15 is 0 Å². The van der Waals surface area contributed by atoms with Crippen LogP contribution in [0, 0.1) is 17.8 Å². The molecule has 1 unspecified atom stereocenters. The van der Waals surface area contributed by atoms with E-state index in [0.29, 0.717) is 5.25 Å². The molecule has 0 radical (unpaired) electrons. The van der Waals surface area contributed by atoms with Crippen LogP contribution in [0.1, 0.15) is 32.6 Å². The molecule has 3 rings (SSSR count). The highest BCUT2D eigenvalue weighted by Crippen LogP contribution is 2.48.